The summed E-state index contributed by atoms with van der Waals surface area (Å²) < 4.78 is 7.48. The Hall–Kier alpha value is -1.68. The van der Waals surface area contributed by atoms with Gasteiger partial charge in [-0.1, -0.05) is 12.1 Å². The van der Waals surface area contributed by atoms with E-state index in [4.69, 9.17) is 4.74 Å². The quantitative estimate of drug-likeness (QED) is 0.811. The number of nitrogens with zero attached hydrogens (tertiary/aromatic N) is 2. The highest BCUT2D eigenvalue weighted by molar-refractivity contribution is 5.74. The van der Waals surface area contributed by atoms with Crippen molar-refractivity contribution in [3.05, 3.63) is 40.8 Å². The van der Waals surface area contributed by atoms with E-state index in [2.05, 4.69) is 4.98 Å². The Bertz CT molecular complexity index is 600. The maximum absolute atomic E-state index is 12.0. The Morgan fingerprint density at radius 2 is 2.22 bits per heavy atom. The number of ether oxygens (including phenoxy) is 1. The average Bonchev–Trinajstić information content (AvgIpc) is 2.43. The van der Waals surface area contributed by atoms with Crippen molar-refractivity contribution < 1.29 is 4.74 Å². The Balaban J connectivity index is 1.99. The normalized spacial score (nSPS) is 20.1. The fourth-order valence-corrected chi connectivity index (χ4v) is 2.46. The highest BCUT2D eigenvalue weighted by atomic mass is 16.5. The summed E-state index contributed by atoms with van der Waals surface area (Å²) in [4.78, 5) is 16.1. The summed E-state index contributed by atoms with van der Waals surface area (Å²) in [7, 11) is 0. The van der Waals surface area contributed by atoms with Gasteiger partial charge in [-0.25, -0.2) is 4.98 Å². The van der Waals surface area contributed by atoms with Crippen molar-refractivity contribution in [1.29, 1.82) is 0 Å². The zero-order valence-corrected chi connectivity index (χ0v) is 10.2. The van der Waals surface area contributed by atoms with Crippen LogP contribution in [0.4, 0.5) is 0 Å². The lowest BCUT2D eigenvalue weighted by Gasteiger charge is -2.23. The Morgan fingerprint density at radius 1 is 1.33 bits per heavy atom. The molecule has 0 N–H and O–H groups in total. The minimum Gasteiger partial charge on any atom is -0.376 e. The van der Waals surface area contributed by atoms with Gasteiger partial charge < -0.3 is 9.30 Å². The van der Waals surface area contributed by atoms with Crippen molar-refractivity contribution in [3.63, 3.8) is 0 Å². The molecule has 1 aromatic carbocycles. The largest absolute Gasteiger partial charge is 0.376 e. The minimum atomic E-state index is -0.0529. The van der Waals surface area contributed by atoms with Crippen LogP contribution < -0.4 is 5.56 Å². The number of fused-ring (bicyclic) bond motifs is 1. The van der Waals surface area contributed by atoms with E-state index >= 15 is 0 Å². The predicted molar refractivity (Wildman–Crippen MR) is 69.6 cm³/mol. The summed E-state index contributed by atoms with van der Waals surface area (Å²) >= 11 is 0. The van der Waals surface area contributed by atoms with E-state index in [1.54, 1.807) is 4.57 Å². The van der Waals surface area contributed by atoms with Crippen molar-refractivity contribution in [2.24, 2.45) is 0 Å². The highest BCUT2D eigenvalue weighted by Crippen LogP contribution is 2.16. The van der Waals surface area contributed by atoms with E-state index in [1.807, 2.05) is 24.3 Å². The van der Waals surface area contributed by atoms with Gasteiger partial charge in [-0.3, -0.25) is 4.79 Å². The maximum atomic E-state index is 12.0. The van der Waals surface area contributed by atoms with E-state index in [9.17, 15) is 4.79 Å². The smallest absolute Gasteiger partial charge is 0.269 e. The lowest BCUT2D eigenvalue weighted by atomic mass is 10.1. The molecule has 4 heteroatoms. The number of benzene rings is 1. The van der Waals surface area contributed by atoms with Crippen molar-refractivity contribution >= 4 is 11.0 Å². The summed E-state index contributed by atoms with van der Waals surface area (Å²) in [5.74, 6) is 0. The number of para-hydroxylation sites is 2. The second kappa shape index (κ2) is 4.90. The number of hydrogen-bond donors (Lipinski definition) is 0. The van der Waals surface area contributed by atoms with Gasteiger partial charge in [0.2, 0.25) is 0 Å². The van der Waals surface area contributed by atoms with Crippen molar-refractivity contribution in [2.45, 2.75) is 31.9 Å². The molecular weight excluding hydrogens is 228 g/mol. The van der Waals surface area contributed by atoms with Crippen molar-refractivity contribution in [1.82, 2.24) is 9.55 Å². The second-order valence-corrected chi connectivity index (χ2v) is 4.68. The van der Waals surface area contributed by atoms with Crippen LogP contribution in [-0.2, 0) is 11.3 Å². The van der Waals surface area contributed by atoms with Crippen LogP contribution in [0.25, 0.3) is 11.0 Å². The molecule has 0 amide bonds. The molecule has 1 atom stereocenters. The molecular formula is C14H16N2O2. The van der Waals surface area contributed by atoms with Crippen LogP contribution in [0, 0.1) is 0 Å². The van der Waals surface area contributed by atoms with Gasteiger partial charge in [-0.15, -0.1) is 0 Å². The number of aromatic nitrogens is 2. The van der Waals surface area contributed by atoms with Crippen LogP contribution in [0.15, 0.2) is 35.3 Å². The van der Waals surface area contributed by atoms with Crippen LogP contribution >= 0.6 is 0 Å². The molecule has 4 nitrogen and oxygen atoms in total. The summed E-state index contributed by atoms with van der Waals surface area (Å²) in [6, 6.07) is 7.72. The zero-order chi connectivity index (χ0) is 12.4. The lowest BCUT2D eigenvalue weighted by molar-refractivity contribution is 0.00613. The van der Waals surface area contributed by atoms with Crippen LogP contribution in [0.2, 0.25) is 0 Å². The first-order valence-electron chi connectivity index (χ1n) is 6.41. The topological polar surface area (TPSA) is 44.1 Å². The second-order valence-electron chi connectivity index (χ2n) is 4.68. The third-order valence-corrected chi connectivity index (χ3v) is 3.41. The minimum absolute atomic E-state index is 0.0529. The molecule has 0 unspecified atom stereocenters. The van der Waals surface area contributed by atoms with Gasteiger partial charge in [0, 0.05) is 6.61 Å². The molecule has 2 aromatic rings. The van der Waals surface area contributed by atoms with Gasteiger partial charge >= 0.3 is 0 Å². The lowest BCUT2D eigenvalue weighted by Crippen LogP contribution is -2.30. The molecule has 0 spiro atoms. The molecule has 2 heterocycles. The van der Waals surface area contributed by atoms with Gasteiger partial charge in [0.1, 0.15) is 0 Å². The van der Waals surface area contributed by atoms with E-state index in [-0.39, 0.29) is 11.7 Å². The molecule has 1 aromatic heterocycles. The molecule has 18 heavy (non-hydrogen) atoms. The Morgan fingerprint density at radius 3 is 3.06 bits per heavy atom. The summed E-state index contributed by atoms with van der Waals surface area (Å²) in [6.45, 7) is 1.43. The first-order chi connectivity index (χ1) is 8.84. The zero-order valence-electron chi connectivity index (χ0n) is 10.2. The van der Waals surface area contributed by atoms with E-state index in [1.165, 1.54) is 12.6 Å². The first-order valence-corrected chi connectivity index (χ1v) is 6.41. The molecule has 94 valence electrons. The van der Waals surface area contributed by atoms with Crippen LogP contribution in [0.5, 0.6) is 0 Å². The van der Waals surface area contributed by atoms with Gasteiger partial charge in [0.15, 0.2) is 0 Å². The van der Waals surface area contributed by atoms with Gasteiger partial charge in [0.05, 0.1) is 29.9 Å². The van der Waals surface area contributed by atoms with E-state index < -0.39 is 0 Å². The van der Waals surface area contributed by atoms with Crippen molar-refractivity contribution in [3.8, 4) is 0 Å². The number of hydrogen-bond acceptors (Lipinski definition) is 3. The fraction of sp³-hybridized carbons (Fsp3) is 0.429. The summed E-state index contributed by atoms with van der Waals surface area (Å²) in [6.07, 6.45) is 4.89. The van der Waals surface area contributed by atoms with Crippen LogP contribution in [0.3, 0.4) is 0 Å². The third-order valence-electron chi connectivity index (χ3n) is 3.41. The van der Waals surface area contributed by atoms with Crippen molar-refractivity contribution in [2.75, 3.05) is 6.61 Å². The van der Waals surface area contributed by atoms with E-state index in [0.717, 1.165) is 30.5 Å². The monoisotopic (exact) mass is 244 g/mol. The molecule has 3 rings (SSSR count). The Labute approximate surface area is 105 Å². The maximum Gasteiger partial charge on any atom is 0.269 e. The average molecular weight is 244 g/mol. The molecule has 1 saturated heterocycles. The standard InChI is InChI=1S/C14H16N2O2/c17-14-9-15-12-6-1-2-7-13(12)16(14)10-11-5-3-4-8-18-11/h1-2,6-7,9,11H,3-5,8,10H2/t11-/m1/s1. The molecule has 0 saturated carbocycles. The third kappa shape index (κ3) is 2.16. The van der Waals surface area contributed by atoms with Crippen LogP contribution in [0.1, 0.15) is 19.3 Å². The first kappa shape index (κ1) is 11.4. The molecule has 0 radical (unpaired) electrons. The van der Waals surface area contributed by atoms with E-state index in [0.29, 0.717) is 6.54 Å². The molecule has 1 aliphatic heterocycles. The van der Waals surface area contributed by atoms with Crippen LogP contribution in [-0.4, -0.2) is 22.3 Å². The molecule has 0 bridgehead atoms. The summed E-state index contributed by atoms with van der Waals surface area (Å²) in [5.41, 5.74) is 1.69. The SMILES string of the molecule is O=c1cnc2ccccc2n1C[C@H]1CCCCO1. The van der Waals surface area contributed by atoms with Gasteiger partial charge in [0.25, 0.3) is 5.56 Å². The predicted octanol–water partition coefficient (Wildman–Crippen LogP) is 1.97. The van der Waals surface area contributed by atoms with Gasteiger partial charge in [-0.05, 0) is 31.4 Å². The molecule has 0 aliphatic carbocycles. The molecule has 1 aliphatic rings. The fourth-order valence-electron chi connectivity index (χ4n) is 2.46. The summed E-state index contributed by atoms with van der Waals surface area (Å²) in [5, 5.41) is 0. The molecule has 1 fully saturated rings. The highest BCUT2D eigenvalue weighted by Gasteiger charge is 2.16. The Kier molecular flexibility index (Phi) is 3.11. The van der Waals surface area contributed by atoms with Gasteiger partial charge in [-0.2, -0.15) is 0 Å². The number of rotatable bonds is 2.